The van der Waals surface area contributed by atoms with Crippen LogP contribution in [-0.4, -0.2) is 46.0 Å². The lowest BCUT2D eigenvalue weighted by molar-refractivity contribution is 0.0902. The van der Waals surface area contributed by atoms with Gasteiger partial charge in [0, 0.05) is 18.4 Å². The fourth-order valence-electron chi connectivity index (χ4n) is 3.40. The summed E-state index contributed by atoms with van der Waals surface area (Å²) in [6, 6.07) is 1.70. The van der Waals surface area contributed by atoms with Crippen molar-refractivity contribution in [2.24, 2.45) is 0 Å². The number of carbonyl (C=O) groups is 1. The number of carbonyl (C=O) groups excluding carboxylic acids is 1. The maximum absolute atomic E-state index is 12.7. The van der Waals surface area contributed by atoms with Crippen molar-refractivity contribution in [3.63, 3.8) is 0 Å². The molecule has 25 heavy (non-hydrogen) atoms. The van der Waals surface area contributed by atoms with Crippen LogP contribution in [0.5, 0.6) is 5.75 Å². The molecule has 7 heteroatoms. The molecular formula is C18H24N4O3. The summed E-state index contributed by atoms with van der Waals surface area (Å²) in [5.74, 6) is 1.13. The van der Waals surface area contributed by atoms with Crippen LogP contribution in [0.2, 0.25) is 0 Å². The van der Waals surface area contributed by atoms with Crippen molar-refractivity contribution in [1.82, 2.24) is 20.1 Å². The summed E-state index contributed by atoms with van der Waals surface area (Å²) in [5, 5.41) is 7.29. The second kappa shape index (κ2) is 6.92. The highest BCUT2D eigenvalue weighted by molar-refractivity contribution is 5.95. The second-order valence-corrected chi connectivity index (χ2v) is 6.74. The Morgan fingerprint density at radius 2 is 2.36 bits per heavy atom. The number of aryl methyl sites for hydroxylation is 1. The Hall–Kier alpha value is -2.28. The average Bonchev–Trinajstić information content (AvgIpc) is 3.28. The molecule has 1 saturated carbocycles. The highest BCUT2D eigenvalue weighted by Crippen LogP contribution is 2.37. The van der Waals surface area contributed by atoms with Crippen LogP contribution in [0.4, 0.5) is 0 Å². The molecule has 2 N–H and O–H groups in total. The lowest BCUT2D eigenvalue weighted by Crippen LogP contribution is -2.45. The number of ether oxygens (including phenoxy) is 2. The van der Waals surface area contributed by atoms with E-state index in [9.17, 15) is 4.79 Å². The molecule has 1 saturated heterocycles. The summed E-state index contributed by atoms with van der Waals surface area (Å²) in [5.41, 5.74) is 1.80. The number of hydrogen-bond acceptors (Lipinski definition) is 4. The first-order valence-corrected chi connectivity index (χ1v) is 8.99. The van der Waals surface area contributed by atoms with Crippen LogP contribution in [-0.2, 0) is 11.3 Å². The van der Waals surface area contributed by atoms with E-state index in [1.54, 1.807) is 6.20 Å². The summed E-state index contributed by atoms with van der Waals surface area (Å²) in [6.07, 6.45) is 8.74. The maximum atomic E-state index is 12.7. The zero-order chi connectivity index (χ0) is 17.2. The number of nitrogens with one attached hydrogen (secondary N) is 2. The highest BCUT2D eigenvalue weighted by atomic mass is 16.5. The third-order valence-corrected chi connectivity index (χ3v) is 5.10. The molecular weight excluding hydrogens is 320 g/mol. The topological polar surface area (TPSA) is 81.2 Å². The van der Waals surface area contributed by atoms with E-state index in [-0.39, 0.29) is 18.1 Å². The van der Waals surface area contributed by atoms with Crippen LogP contribution in [0.1, 0.15) is 48.2 Å². The maximum Gasteiger partial charge on any atom is 0.253 e. The largest absolute Gasteiger partial charge is 0.482 e. The Morgan fingerprint density at radius 3 is 3.08 bits per heavy atom. The summed E-state index contributed by atoms with van der Waals surface area (Å²) in [4.78, 5) is 16.0. The molecule has 2 aromatic rings. The number of H-pyrrole nitrogens is 1. The van der Waals surface area contributed by atoms with Gasteiger partial charge in [0.2, 0.25) is 0 Å². The van der Waals surface area contributed by atoms with E-state index < -0.39 is 0 Å². The van der Waals surface area contributed by atoms with Gasteiger partial charge in [0.25, 0.3) is 5.91 Å². The van der Waals surface area contributed by atoms with E-state index in [1.807, 2.05) is 30.1 Å². The molecule has 0 unspecified atom stereocenters. The third-order valence-electron chi connectivity index (χ3n) is 5.10. The number of aromatic amines is 1. The van der Waals surface area contributed by atoms with Gasteiger partial charge in [-0.1, -0.05) is 6.42 Å². The minimum absolute atomic E-state index is 0.0588. The SMILES string of the molecule is CCn1cc(O[C@@H]2COC[C@@H]2NC(=O)c2cc[nH]c2C2CCC2)cn1. The lowest BCUT2D eigenvalue weighted by Gasteiger charge is -2.26. The molecule has 2 fully saturated rings. The van der Waals surface area contributed by atoms with Crippen LogP contribution >= 0.6 is 0 Å². The quantitative estimate of drug-likeness (QED) is 0.841. The van der Waals surface area contributed by atoms with Crippen molar-refractivity contribution in [3.8, 4) is 5.75 Å². The number of aromatic nitrogens is 3. The first kappa shape index (κ1) is 16.2. The molecule has 2 aliphatic rings. The van der Waals surface area contributed by atoms with Crippen molar-refractivity contribution in [1.29, 1.82) is 0 Å². The molecule has 2 atom stereocenters. The molecule has 0 radical (unpaired) electrons. The standard InChI is InChI=1S/C18H24N4O3/c1-2-22-9-13(8-20-22)25-16-11-24-10-15(16)21-18(23)14-6-7-19-17(14)12-4-3-5-12/h6-9,12,15-16,19H,2-5,10-11H2,1H3,(H,21,23)/t15-,16+/m0/s1. The Bertz CT molecular complexity index is 734. The zero-order valence-corrected chi connectivity index (χ0v) is 14.4. The van der Waals surface area contributed by atoms with E-state index in [0.29, 0.717) is 24.9 Å². The van der Waals surface area contributed by atoms with E-state index in [1.165, 1.54) is 6.42 Å². The monoisotopic (exact) mass is 344 g/mol. The molecule has 1 amide bonds. The number of rotatable bonds is 6. The third kappa shape index (κ3) is 3.28. The summed E-state index contributed by atoms with van der Waals surface area (Å²) < 4.78 is 13.3. The van der Waals surface area contributed by atoms with Crippen molar-refractivity contribution < 1.29 is 14.3 Å². The van der Waals surface area contributed by atoms with Crippen LogP contribution in [0.15, 0.2) is 24.7 Å². The molecule has 3 heterocycles. The molecule has 2 aromatic heterocycles. The van der Waals surface area contributed by atoms with E-state index in [4.69, 9.17) is 9.47 Å². The number of amides is 1. The number of nitrogens with zero attached hydrogens (tertiary/aromatic N) is 2. The Kier molecular flexibility index (Phi) is 4.48. The second-order valence-electron chi connectivity index (χ2n) is 6.74. The number of hydrogen-bond donors (Lipinski definition) is 2. The van der Waals surface area contributed by atoms with Gasteiger partial charge in [-0.3, -0.25) is 9.48 Å². The fourth-order valence-corrected chi connectivity index (χ4v) is 3.40. The van der Waals surface area contributed by atoms with Crippen molar-refractivity contribution in [2.75, 3.05) is 13.2 Å². The van der Waals surface area contributed by atoms with Crippen LogP contribution in [0, 0.1) is 0 Å². The summed E-state index contributed by atoms with van der Waals surface area (Å²) in [6.45, 7) is 3.74. The first-order valence-electron chi connectivity index (χ1n) is 8.99. The predicted octanol–water partition coefficient (Wildman–Crippen LogP) is 2.07. The Labute approximate surface area is 146 Å². The van der Waals surface area contributed by atoms with Gasteiger partial charge < -0.3 is 19.8 Å². The molecule has 7 nitrogen and oxygen atoms in total. The van der Waals surface area contributed by atoms with Gasteiger partial charge in [0.05, 0.1) is 37.2 Å². The van der Waals surface area contributed by atoms with Gasteiger partial charge in [-0.05, 0) is 31.7 Å². The first-order chi connectivity index (χ1) is 12.2. The normalized spacial score (nSPS) is 23.4. The van der Waals surface area contributed by atoms with Crippen molar-refractivity contribution in [2.45, 2.75) is 50.8 Å². The summed E-state index contributed by atoms with van der Waals surface area (Å²) in [7, 11) is 0. The van der Waals surface area contributed by atoms with Crippen molar-refractivity contribution in [3.05, 3.63) is 35.9 Å². The zero-order valence-electron chi connectivity index (χ0n) is 14.4. The Balaban J connectivity index is 1.40. The molecule has 134 valence electrons. The molecule has 1 aliphatic carbocycles. The van der Waals surface area contributed by atoms with E-state index >= 15 is 0 Å². The molecule has 0 spiro atoms. The van der Waals surface area contributed by atoms with Crippen LogP contribution in [0.25, 0.3) is 0 Å². The van der Waals surface area contributed by atoms with Crippen LogP contribution < -0.4 is 10.1 Å². The lowest BCUT2D eigenvalue weighted by atomic mass is 9.81. The van der Waals surface area contributed by atoms with Crippen molar-refractivity contribution >= 4 is 5.91 Å². The molecule has 0 bridgehead atoms. The fraction of sp³-hybridized carbons (Fsp3) is 0.556. The van der Waals surface area contributed by atoms with Crippen LogP contribution in [0.3, 0.4) is 0 Å². The van der Waals surface area contributed by atoms with Gasteiger partial charge in [-0.2, -0.15) is 5.10 Å². The van der Waals surface area contributed by atoms with Gasteiger partial charge >= 0.3 is 0 Å². The van der Waals surface area contributed by atoms with Gasteiger partial charge in [0.15, 0.2) is 5.75 Å². The minimum Gasteiger partial charge on any atom is -0.482 e. The van der Waals surface area contributed by atoms with Gasteiger partial charge in [0.1, 0.15) is 6.10 Å². The molecule has 4 rings (SSSR count). The molecule has 0 aromatic carbocycles. The minimum atomic E-state index is -0.204. The van der Waals surface area contributed by atoms with E-state index in [0.717, 1.165) is 30.6 Å². The highest BCUT2D eigenvalue weighted by Gasteiger charge is 2.33. The Morgan fingerprint density at radius 1 is 1.48 bits per heavy atom. The molecule has 1 aliphatic heterocycles. The predicted molar refractivity (Wildman–Crippen MR) is 91.8 cm³/mol. The van der Waals surface area contributed by atoms with E-state index in [2.05, 4.69) is 15.4 Å². The average molecular weight is 344 g/mol. The van der Waals surface area contributed by atoms with Gasteiger partial charge in [-0.15, -0.1) is 0 Å². The van der Waals surface area contributed by atoms with Gasteiger partial charge in [-0.25, -0.2) is 0 Å². The summed E-state index contributed by atoms with van der Waals surface area (Å²) >= 11 is 0. The smallest absolute Gasteiger partial charge is 0.253 e.